The molecule has 2 bridgehead atoms. The molecule has 148 valence electrons. The molecule has 3 fully saturated rings. The van der Waals surface area contributed by atoms with Crippen molar-refractivity contribution in [3.8, 4) is 18.2 Å². The highest BCUT2D eigenvalue weighted by Gasteiger charge is 2.81. The summed E-state index contributed by atoms with van der Waals surface area (Å²) in [7, 11) is 0. The summed E-state index contributed by atoms with van der Waals surface area (Å²) >= 11 is 6.25. The smallest absolute Gasteiger partial charge is 0.217 e. The third-order valence-corrected chi connectivity index (χ3v) is 7.19. The summed E-state index contributed by atoms with van der Waals surface area (Å²) in [5, 5.41) is 39.1. The predicted octanol–water partition coefficient (Wildman–Crippen LogP) is 4.62. The molecule has 4 rings (SSSR count). The minimum Gasteiger partial charge on any atom is -0.447 e. The van der Waals surface area contributed by atoms with E-state index in [2.05, 4.69) is 6.07 Å². The Kier molecular flexibility index (Phi) is 4.35. The molecular formula is C21H18ClFN4O2. The van der Waals surface area contributed by atoms with Crippen LogP contribution in [0.2, 0.25) is 5.02 Å². The van der Waals surface area contributed by atoms with Crippen LogP contribution in [0.5, 0.6) is 0 Å². The fourth-order valence-corrected chi connectivity index (χ4v) is 5.57. The molecule has 8 heteroatoms. The summed E-state index contributed by atoms with van der Waals surface area (Å²) < 4.78 is 26.9. The minimum atomic E-state index is -2.19. The van der Waals surface area contributed by atoms with Crippen LogP contribution in [0.4, 0.5) is 4.39 Å². The van der Waals surface area contributed by atoms with E-state index in [0.717, 1.165) is 18.9 Å². The molecule has 3 aliphatic rings. The standard InChI is InChI=1S/C21H18ClFN4O2/c1-2-12-6-7-21-15(8-12)20(11-26,18(27)29-21)19(9-24,10-25)17(28-21)16-13(22)4-3-5-14(16)23/h3-5,12,15,17,27H,2,6-8H2,1H3. The maximum atomic E-state index is 14.8. The van der Waals surface area contributed by atoms with Gasteiger partial charge in [-0.15, -0.1) is 0 Å². The van der Waals surface area contributed by atoms with Crippen molar-refractivity contribution in [1.82, 2.24) is 0 Å². The van der Waals surface area contributed by atoms with Crippen LogP contribution in [0.1, 0.15) is 44.3 Å². The molecule has 5 unspecified atom stereocenters. The molecule has 1 aromatic carbocycles. The van der Waals surface area contributed by atoms with Crippen molar-refractivity contribution in [2.45, 2.75) is 44.5 Å². The molecule has 2 saturated heterocycles. The fourth-order valence-electron chi connectivity index (χ4n) is 5.31. The molecule has 0 aromatic heterocycles. The highest BCUT2D eigenvalue weighted by molar-refractivity contribution is 6.31. The van der Waals surface area contributed by atoms with Crippen molar-refractivity contribution in [3.05, 3.63) is 34.6 Å². The van der Waals surface area contributed by atoms with Crippen LogP contribution in [0.3, 0.4) is 0 Å². The van der Waals surface area contributed by atoms with Gasteiger partial charge in [0, 0.05) is 17.0 Å². The molecule has 1 N–H and O–H groups in total. The van der Waals surface area contributed by atoms with Gasteiger partial charge in [-0.2, -0.15) is 15.8 Å². The average molecular weight is 413 g/mol. The summed E-state index contributed by atoms with van der Waals surface area (Å²) in [4.78, 5) is 0. The van der Waals surface area contributed by atoms with Crippen molar-refractivity contribution in [1.29, 1.82) is 21.2 Å². The summed E-state index contributed by atoms with van der Waals surface area (Å²) in [5.41, 5.74) is -4.23. The van der Waals surface area contributed by atoms with Crippen molar-refractivity contribution >= 4 is 17.5 Å². The maximum absolute atomic E-state index is 14.8. The first-order valence-corrected chi connectivity index (χ1v) is 9.87. The minimum absolute atomic E-state index is 0.0130. The van der Waals surface area contributed by atoms with Crippen LogP contribution in [-0.2, 0) is 9.47 Å². The Labute approximate surface area is 172 Å². The van der Waals surface area contributed by atoms with E-state index in [1.165, 1.54) is 12.1 Å². The molecule has 0 amide bonds. The topological polar surface area (TPSA) is 114 Å². The number of nitriles is 3. The zero-order chi connectivity index (χ0) is 21.0. The Balaban J connectivity index is 2.02. The second kappa shape index (κ2) is 6.42. The predicted molar refractivity (Wildman–Crippen MR) is 99.6 cm³/mol. The van der Waals surface area contributed by atoms with Crippen LogP contribution < -0.4 is 0 Å². The summed E-state index contributed by atoms with van der Waals surface area (Å²) in [6.45, 7) is 2.03. The Morgan fingerprint density at radius 1 is 1.28 bits per heavy atom. The third kappa shape index (κ3) is 2.19. The van der Waals surface area contributed by atoms with Crippen LogP contribution in [-0.4, -0.2) is 11.7 Å². The third-order valence-electron chi connectivity index (χ3n) is 6.86. The van der Waals surface area contributed by atoms with Gasteiger partial charge in [-0.25, -0.2) is 4.39 Å². The number of rotatable bonds is 2. The monoisotopic (exact) mass is 412 g/mol. The van der Waals surface area contributed by atoms with Gasteiger partial charge in [0.05, 0.1) is 24.1 Å². The lowest BCUT2D eigenvalue weighted by Gasteiger charge is -2.52. The van der Waals surface area contributed by atoms with E-state index >= 15 is 0 Å². The fraction of sp³-hybridized carbons (Fsp3) is 0.524. The molecule has 1 aliphatic carbocycles. The molecule has 1 saturated carbocycles. The summed E-state index contributed by atoms with van der Waals surface area (Å²) in [6, 6.07) is 9.95. The first-order chi connectivity index (χ1) is 13.9. The van der Waals surface area contributed by atoms with Gasteiger partial charge in [0.2, 0.25) is 17.1 Å². The largest absolute Gasteiger partial charge is 0.447 e. The van der Waals surface area contributed by atoms with Crippen LogP contribution in [0, 0.1) is 67.9 Å². The van der Waals surface area contributed by atoms with Gasteiger partial charge in [-0.05, 0) is 30.9 Å². The second-order valence-electron chi connectivity index (χ2n) is 7.93. The van der Waals surface area contributed by atoms with Gasteiger partial charge < -0.3 is 9.47 Å². The molecule has 0 spiro atoms. The van der Waals surface area contributed by atoms with Gasteiger partial charge in [0.25, 0.3) is 0 Å². The van der Waals surface area contributed by atoms with E-state index in [9.17, 15) is 20.2 Å². The molecule has 2 aliphatic heterocycles. The van der Waals surface area contributed by atoms with Crippen molar-refractivity contribution < 1.29 is 13.9 Å². The molecule has 1 aromatic rings. The first-order valence-electron chi connectivity index (χ1n) is 9.49. The Morgan fingerprint density at radius 2 is 2.00 bits per heavy atom. The number of ether oxygens (including phenoxy) is 2. The van der Waals surface area contributed by atoms with E-state index < -0.39 is 40.4 Å². The summed E-state index contributed by atoms with van der Waals surface area (Å²) in [6.07, 6.45) is 0.997. The maximum Gasteiger partial charge on any atom is 0.217 e. The number of nitrogens with zero attached hydrogens (tertiary/aromatic N) is 3. The molecule has 5 atom stereocenters. The van der Waals surface area contributed by atoms with Gasteiger partial charge in [0.1, 0.15) is 11.9 Å². The number of hydrogen-bond acceptors (Lipinski definition) is 6. The van der Waals surface area contributed by atoms with Gasteiger partial charge in [0.15, 0.2) is 5.41 Å². The average Bonchev–Trinajstić information content (AvgIpc) is 2.92. The van der Waals surface area contributed by atoms with Crippen LogP contribution in [0.25, 0.3) is 0 Å². The molecule has 0 radical (unpaired) electrons. The zero-order valence-electron chi connectivity index (χ0n) is 15.7. The number of halogens is 2. The normalized spacial score (nSPS) is 36.8. The SMILES string of the molecule is CCC1CCC23OC(=N)C(C#N)(C2C1)C(C#N)(C#N)C(c1c(F)cccc1Cl)O3. The molecule has 29 heavy (non-hydrogen) atoms. The zero-order valence-corrected chi connectivity index (χ0v) is 16.5. The Bertz CT molecular complexity index is 991. The lowest BCUT2D eigenvalue weighted by molar-refractivity contribution is -0.299. The van der Waals surface area contributed by atoms with E-state index in [4.69, 9.17) is 26.5 Å². The van der Waals surface area contributed by atoms with Crippen molar-refractivity contribution in [2.24, 2.45) is 22.7 Å². The van der Waals surface area contributed by atoms with Crippen LogP contribution in [0.15, 0.2) is 18.2 Å². The molecule has 6 nitrogen and oxygen atoms in total. The Hall–Kier alpha value is -2.66. The van der Waals surface area contributed by atoms with Gasteiger partial charge in [-0.1, -0.05) is 31.0 Å². The first kappa shape index (κ1) is 19.6. The number of nitrogens with one attached hydrogen (secondary N) is 1. The molecule has 2 heterocycles. The second-order valence-corrected chi connectivity index (χ2v) is 8.34. The quantitative estimate of drug-likeness (QED) is 0.760. The number of hydrogen-bond donors (Lipinski definition) is 1. The van der Waals surface area contributed by atoms with Gasteiger partial charge >= 0.3 is 0 Å². The Morgan fingerprint density at radius 3 is 2.59 bits per heavy atom. The lowest BCUT2D eigenvalue weighted by atomic mass is 9.50. The highest BCUT2D eigenvalue weighted by Crippen LogP contribution is 2.70. The molecular weight excluding hydrogens is 395 g/mol. The van der Waals surface area contributed by atoms with Crippen molar-refractivity contribution in [2.75, 3.05) is 0 Å². The van der Waals surface area contributed by atoms with E-state index in [1.54, 1.807) is 0 Å². The van der Waals surface area contributed by atoms with E-state index in [0.29, 0.717) is 12.8 Å². The lowest BCUT2D eigenvalue weighted by Crippen LogP contribution is -2.61. The van der Waals surface area contributed by atoms with E-state index in [-0.39, 0.29) is 16.5 Å². The summed E-state index contributed by atoms with van der Waals surface area (Å²) in [5.74, 6) is -2.98. The van der Waals surface area contributed by atoms with Crippen LogP contribution >= 0.6 is 11.6 Å². The van der Waals surface area contributed by atoms with Gasteiger partial charge in [-0.3, -0.25) is 5.41 Å². The van der Waals surface area contributed by atoms with Crippen molar-refractivity contribution in [3.63, 3.8) is 0 Å². The van der Waals surface area contributed by atoms with E-state index in [1.807, 2.05) is 19.1 Å². The highest BCUT2D eigenvalue weighted by atomic mass is 35.5. The number of benzene rings is 1.